The van der Waals surface area contributed by atoms with Crippen LogP contribution in [0.4, 0.5) is 24.8 Å². The molecule has 0 saturated heterocycles. The van der Waals surface area contributed by atoms with E-state index in [9.17, 15) is 13.2 Å². The second-order valence-corrected chi connectivity index (χ2v) is 3.79. The molecule has 0 aliphatic heterocycles. The minimum Gasteiger partial charge on any atom is -0.482 e. The summed E-state index contributed by atoms with van der Waals surface area (Å²) >= 11 is 0. The molecule has 0 fully saturated rings. The molecule has 0 unspecified atom stereocenters. The molecule has 1 N–H and O–H groups in total. The van der Waals surface area contributed by atoms with E-state index in [1.54, 1.807) is 19.2 Å². The molecule has 2 aromatic rings. The maximum absolute atomic E-state index is 12.0. The van der Waals surface area contributed by atoms with E-state index in [1.807, 2.05) is 0 Å². The van der Waals surface area contributed by atoms with E-state index in [4.69, 9.17) is 0 Å². The summed E-state index contributed by atoms with van der Waals surface area (Å²) < 4.78 is 40.7. The second kappa shape index (κ2) is 5.68. The zero-order valence-corrected chi connectivity index (χ0v) is 10.3. The quantitative estimate of drug-likeness (QED) is 0.929. The predicted octanol–water partition coefficient (Wildman–Crippen LogP) is 2.26. The summed E-state index contributed by atoms with van der Waals surface area (Å²) in [7, 11) is 0. The zero-order valence-electron chi connectivity index (χ0n) is 10.3. The third kappa shape index (κ3) is 4.34. The number of halogens is 3. The Morgan fingerprint density at radius 2 is 2.10 bits per heavy atom. The van der Waals surface area contributed by atoms with Crippen molar-refractivity contribution in [1.82, 2.24) is 20.2 Å². The van der Waals surface area contributed by atoms with Gasteiger partial charge in [0.25, 0.3) is 0 Å². The van der Waals surface area contributed by atoms with Crippen molar-refractivity contribution in [3.63, 3.8) is 0 Å². The SMILES string of the molecule is Cc1nccc(Nc2cc(OCC(F)(F)F)cnn2)n1. The Hall–Kier alpha value is -2.45. The van der Waals surface area contributed by atoms with Gasteiger partial charge in [-0.05, 0) is 13.0 Å². The fraction of sp³-hybridized carbons (Fsp3) is 0.273. The number of hydrogen-bond donors (Lipinski definition) is 1. The molecule has 0 aliphatic carbocycles. The topological polar surface area (TPSA) is 72.8 Å². The van der Waals surface area contributed by atoms with Crippen LogP contribution in [0.1, 0.15) is 5.82 Å². The molecule has 0 bridgehead atoms. The van der Waals surface area contributed by atoms with E-state index < -0.39 is 12.8 Å². The monoisotopic (exact) mass is 285 g/mol. The van der Waals surface area contributed by atoms with Gasteiger partial charge in [0.1, 0.15) is 17.4 Å². The van der Waals surface area contributed by atoms with Crippen molar-refractivity contribution in [2.24, 2.45) is 0 Å². The lowest BCUT2D eigenvalue weighted by molar-refractivity contribution is -0.153. The number of rotatable bonds is 4. The molecule has 0 aliphatic rings. The first-order valence-electron chi connectivity index (χ1n) is 5.51. The van der Waals surface area contributed by atoms with E-state index in [2.05, 4.69) is 30.2 Å². The minimum atomic E-state index is -4.40. The predicted molar refractivity (Wildman–Crippen MR) is 63.6 cm³/mol. The van der Waals surface area contributed by atoms with E-state index in [0.29, 0.717) is 11.6 Å². The smallest absolute Gasteiger partial charge is 0.422 e. The average molecular weight is 285 g/mol. The number of alkyl halides is 3. The van der Waals surface area contributed by atoms with Gasteiger partial charge >= 0.3 is 6.18 Å². The molecular weight excluding hydrogens is 275 g/mol. The van der Waals surface area contributed by atoms with Crippen LogP contribution < -0.4 is 10.1 Å². The van der Waals surface area contributed by atoms with E-state index in [0.717, 1.165) is 6.20 Å². The van der Waals surface area contributed by atoms with Crippen molar-refractivity contribution in [3.8, 4) is 5.75 Å². The third-order valence-electron chi connectivity index (χ3n) is 2.06. The van der Waals surface area contributed by atoms with Crippen LogP contribution >= 0.6 is 0 Å². The number of aryl methyl sites for hydroxylation is 1. The molecule has 0 spiro atoms. The largest absolute Gasteiger partial charge is 0.482 e. The lowest BCUT2D eigenvalue weighted by Gasteiger charge is -2.09. The van der Waals surface area contributed by atoms with Crippen molar-refractivity contribution in [2.45, 2.75) is 13.1 Å². The number of ether oxygens (including phenoxy) is 1. The van der Waals surface area contributed by atoms with Crippen LogP contribution in [0.3, 0.4) is 0 Å². The number of anilines is 2. The van der Waals surface area contributed by atoms with Crippen LogP contribution in [0, 0.1) is 6.92 Å². The maximum atomic E-state index is 12.0. The second-order valence-electron chi connectivity index (χ2n) is 3.79. The molecule has 2 heterocycles. The van der Waals surface area contributed by atoms with Gasteiger partial charge in [-0.25, -0.2) is 9.97 Å². The number of nitrogens with one attached hydrogen (secondary N) is 1. The molecule has 0 atom stereocenters. The van der Waals surface area contributed by atoms with Crippen molar-refractivity contribution in [1.29, 1.82) is 0 Å². The molecule has 106 valence electrons. The highest BCUT2D eigenvalue weighted by atomic mass is 19.4. The molecule has 0 radical (unpaired) electrons. The fourth-order valence-electron chi connectivity index (χ4n) is 1.31. The lowest BCUT2D eigenvalue weighted by Crippen LogP contribution is -2.19. The lowest BCUT2D eigenvalue weighted by atomic mass is 10.4. The fourth-order valence-corrected chi connectivity index (χ4v) is 1.31. The Labute approximate surface area is 112 Å². The van der Waals surface area contributed by atoms with E-state index >= 15 is 0 Å². The number of aromatic nitrogens is 4. The molecule has 2 rings (SSSR count). The highest BCUT2D eigenvalue weighted by Gasteiger charge is 2.28. The van der Waals surface area contributed by atoms with Gasteiger partial charge in [0.05, 0.1) is 6.20 Å². The van der Waals surface area contributed by atoms with Crippen LogP contribution in [-0.2, 0) is 0 Å². The van der Waals surface area contributed by atoms with Gasteiger partial charge in [-0.3, -0.25) is 0 Å². The summed E-state index contributed by atoms with van der Waals surface area (Å²) in [5, 5.41) is 10.1. The standard InChI is InChI=1S/C11H10F3N5O/c1-7-15-3-2-9(17-7)18-10-4-8(5-16-19-10)20-6-11(12,13)14/h2-5H,6H2,1H3,(H,15,17,18,19). The van der Waals surface area contributed by atoms with Gasteiger partial charge in [-0.15, -0.1) is 5.10 Å². The first-order valence-corrected chi connectivity index (χ1v) is 5.51. The van der Waals surface area contributed by atoms with Gasteiger partial charge in [0, 0.05) is 12.3 Å². The summed E-state index contributed by atoms with van der Waals surface area (Å²) in [6.45, 7) is 0.324. The van der Waals surface area contributed by atoms with Crippen LogP contribution in [-0.4, -0.2) is 32.9 Å². The van der Waals surface area contributed by atoms with Crippen LogP contribution in [0.5, 0.6) is 5.75 Å². The number of hydrogen-bond acceptors (Lipinski definition) is 6. The van der Waals surface area contributed by atoms with Gasteiger partial charge < -0.3 is 10.1 Å². The van der Waals surface area contributed by atoms with Crippen molar-refractivity contribution >= 4 is 11.6 Å². The molecule has 6 nitrogen and oxygen atoms in total. The van der Waals surface area contributed by atoms with Crippen LogP contribution in [0.2, 0.25) is 0 Å². The molecule has 2 aromatic heterocycles. The summed E-state index contributed by atoms with van der Waals surface area (Å²) in [5.74, 6) is 1.19. The third-order valence-corrected chi connectivity index (χ3v) is 2.06. The Morgan fingerprint density at radius 1 is 1.30 bits per heavy atom. The highest BCUT2D eigenvalue weighted by molar-refractivity contribution is 5.52. The van der Waals surface area contributed by atoms with Crippen LogP contribution in [0.25, 0.3) is 0 Å². The van der Waals surface area contributed by atoms with Crippen molar-refractivity contribution < 1.29 is 17.9 Å². The minimum absolute atomic E-state index is 0.0365. The first-order chi connectivity index (χ1) is 9.42. The van der Waals surface area contributed by atoms with Gasteiger partial charge in [-0.1, -0.05) is 0 Å². The van der Waals surface area contributed by atoms with E-state index in [1.165, 1.54) is 6.07 Å². The summed E-state index contributed by atoms with van der Waals surface area (Å²) in [5.41, 5.74) is 0. The summed E-state index contributed by atoms with van der Waals surface area (Å²) in [4.78, 5) is 7.99. The first kappa shape index (κ1) is 14.0. The highest BCUT2D eigenvalue weighted by Crippen LogP contribution is 2.20. The molecule has 20 heavy (non-hydrogen) atoms. The van der Waals surface area contributed by atoms with Gasteiger partial charge in [-0.2, -0.15) is 18.3 Å². The van der Waals surface area contributed by atoms with E-state index in [-0.39, 0.29) is 11.6 Å². The Bertz CT molecular complexity index is 590. The Balaban J connectivity index is 2.06. The molecule has 0 amide bonds. The van der Waals surface area contributed by atoms with Crippen molar-refractivity contribution in [3.05, 3.63) is 30.4 Å². The summed E-state index contributed by atoms with van der Waals surface area (Å²) in [6.07, 6.45) is -1.76. The molecular formula is C11H10F3N5O. The van der Waals surface area contributed by atoms with Crippen molar-refractivity contribution in [2.75, 3.05) is 11.9 Å². The summed E-state index contributed by atoms with van der Waals surface area (Å²) in [6, 6.07) is 2.90. The number of nitrogens with zero attached hydrogens (tertiary/aromatic N) is 4. The van der Waals surface area contributed by atoms with Crippen LogP contribution in [0.15, 0.2) is 24.5 Å². The molecule has 0 saturated carbocycles. The average Bonchev–Trinajstić information content (AvgIpc) is 2.36. The Morgan fingerprint density at radius 3 is 2.80 bits per heavy atom. The van der Waals surface area contributed by atoms with Gasteiger partial charge in [0.2, 0.25) is 0 Å². The zero-order chi connectivity index (χ0) is 14.6. The van der Waals surface area contributed by atoms with Gasteiger partial charge in [0.15, 0.2) is 12.4 Å². The molecule has 0 aromatic carbocycles. The molecule has 9 heteroatoms. The maximum Gasteiger partial charge on any atom is 0.422 e. The normalized spacial score (nSPS) is 11.2. The Kier molecular flexibility index (Phi) is 3.97.